The summed E-state index contributed by atoms with van der Waals surface area (Å²) < 4.78 is 13.2. The summed E-state index contributed by atoms with van der Waals surface area (Å²) in [4.78, 5) is 11.9. The van der Waals surface area contributed by atoms with E-state index < -0.39 is 0 Å². The van der Waals surface area contributed by atoms with E-state index in [-0.39, 0.29) is 12.0 Å². The first kappa shape index (κ1) is 14.4. The Morgan fingerprint density at radius 1 is 1.36 bits per heavy atom. The molecule has 2 heterocycles. The smallest absolute Gasteiger partial charge is 0.221 e. The maximum absolute atomic E-state index is 11.9. The molecule has 0 aliphatic carbocycles. The van der Waals surface area contributed by atoms with Crippen LogP contribution in [0.3, 0.4) is 0 Å². The van der Waals surface area contributed by atoms with E-state index in [4.69, 9.17) is 9.47 Å². The third-order valence-electron chi connectivity index (χ3n) is 3.44. The summed E-state index contributed by atoms with van der Waals surface area (Å²) in [6.07, 6.45) is 2.11. The van der Waals surface area contributed by atoms with Crippen LogP contribution in [0.25, 0.3) is 0 Å². The molecule has 6 heteroatoms. The quantitative estimate of drug-likeness (QED) is 0.910. The number of hydrogen-bond acceptors (Lipinski definition) is 4. The van der Waals surface area contributed by atoms with Crippen LogP contribution in [-0.4, -0.2) is 34.9 Å². The Hall–Kier alpha value is -2.50. The van der Waals surface area contributed by atoms with Gasteiger partial charge in [0, 0.05) is 19.2 Å². The van der Waals surface area contributed by atoms with E-state index in [1.54, 1.807) is 4.68 Å². The fraction of sp³-hybridized carbons (Fsp3) is 0.375. The zero-order chi connectivity index (χ0) is 15.4. The first-order valence-corrected chi connectivity index (χ1v) is 7.36. The van der Waals surface area contributed by atoms with Gasteiger partial charge in [0.1, 0.15) is 12.7 Å². The van der Waals surface area contributed by atoms with Gasteiger partial charge in [-0.2, -0.15) is 5.10 Å². The molecule has 0 bridgehead atoms. The number of nitrogens with zero attached hydrogens (tertiary/aromatic N) is 2. The largest absolute Gasteiger partial charge is 0.486 e. The predicted octanol–water partition coefficient (Wildman–Crippen LogP) is 1.54. The van der Waals surface area contributed by atoms with Crippen LogP contribution >= 0.6 is 0 Å². The molecule has 1 aromatic heterocycles. The normalized spacial score (nSPS) is 16.3. The van der Waals surface area contributed by atoms with E-state index in [1.165, 1.54) is 0 Å². The standard InChI is InChI=1S/C16H19N3O3/c1-12-6-8-19(18-12)9-7-16(20)17-10-13-11-21-14-4-2-3-5-15(14)22-13/h2-6,8,13H,7,9-11H2,1H3,(H,17,20). The van der Waals surface area contributed by atoms with E-state index in [0.717, 1.165) is 17.2 Å². The van der Waals surface area contributed by atoms with Crippen LogP contribution in [0, 0.1) is 6.92 Å². The van der Waals surface area contributed by atoms with Crippen molar-refractivity contribution in [1.82, 2.24) is 15.1 Å². The third kappa shape index (κ3) is 3.58. The van der Waals surface area contributed by atoms with Crippen molar-refractivity contribution in [2.24, 2.45) is 0 Å². The number of para-hydroxylation sites is 2. The first-order valence-electron chi connectivity index (χ1n) is 7.36. The third-order valence-corrected chi connectivity index (χ3v) is 3.44. The lowest BCUT2D eigenvalue weighted by atomic mass is 10.2. The van der Waals surface area contributed by atoms with Crippen LogP contribution in [0.4, 0.5) is 0 Å². The number of carbonyl (C=O) groups is 1. The van der Waals surface area contributed by atoms with Crippen molar-refractivity contribution in [2.75, 3.05) is 13.2 Å². The zero-order valence-electron chi connectivity index (χ0n) is 12.5. The SMILES string of the molecule is Cc1ccn(CCC(=O)NCC2COc3ccccc3O2)n1. The number of aromatic nitrogens is 2. The van der Waals surface area contributed by atoms with E-state index >= 15 is 0 Å². The number of benzene rings is 1. The minimum atomic E-state index is -0.161. The van der Waals surface area contributed by atoms with Crippen molar-refractivity contribution in [3.8, 4) is 11.5 Å². The predicted molar refractivity (Wildman–Crippen MR) is 80.9 cm³/mol. The summed E-state index contributed by atoms with van der Waals surface area (Å²) in [5, 5.41) is 7.12. The highest BCUT2D eigenvalue weighted by Crippen LogP contribution is 2.30. The highest BCUT2D eigenvalue weighted by Gasteiger charge is 2.20. The van der Waals surface area contributed by atoms with Crippen LogP contribution in [0.2, 0.25) is 0 Å². The van der Waals surface area contributed by atoms with Crippen molar-refractivity contribution in [3.63, 3.8) is 0 Å². The highest BCUT2D eigenvalue weighted by atomic mass is 16.6. The second-order valence-corrected chi connectivity index (χ2v) is 5.27. The molecule has 116 valence electrons. The van der Waals surface area contributed by atoms with Gasteiger partial charge in [0.15, 0.2) is 11.5 Å². The molecule has 1 amide bonds. The second-order valence-electron chi connectivity index (χ2n) is 5.27. The van der Waals surface area contributed by atoms with Gasteiger partial charge in [-0.25, -0.2) is 0 Å². The van der Waals surface area contributed by atoms with Crippen LogP contribution in [0.1, 0.15) is 12.1 Å². The summed E-state index contributed by atoms with van der Waals surface area (Å²) >= 11 is 0. The van der Waals surface area contributed by atoms with Gasteiger partial charge < -0.3 is 14.8 Å². The summed E-state index contributed by atoms with van der Waals surface area (Å²) in [6.45, 7) is 3.38. The van der Waals surface area contributed by atoms with Crippen LogP contribution in [-0.2, 0) is 11.3 Å². The van der Waals surface area contributed by atoms with E-state index in [2.05, 4.69) is 10.4 Å². The highest BCUT2D eigenvalue weighted by molar-refractivity contribution is 5.75. The van der Waals surface area contributed by atoms with Crippen molar-refractivity contribution in [1.29, 1.82) is 0 Å². The number of nitrogens with one attached hydrogen (secondary N) is 1. The Bertz CT molecular complexity index is 654. The molecule has 0 saturated carbocycles. The Labute approximate surface area is 129 Å². The van der Waals surface area contributed by atoms with Crippen LogP contribution in [0.5, 0.6) is 11.5 Å². The van der Waals surface area contributed by atoms with Crippen molar-refractivity contribution < 1.29 is 14.3 Å². The lowest BCUT2D eigenvalue weighted by Crippen LogP contribution is -2.40. The molecule has 22 heavy (non-hydrogen) atoms. The minimum Gasteiger partial charge on any atom is -0.486 e. The van der Waals surface area contributed by atoms with Crippen molar-refractivity contribution in [3.05, 3.63) is 42.2 Å². The number of carbonyl (C=O) groups excluding carboxylic acids is 1. The van der Waals surface area contributed by atoms with Gasteiger partial charge in [-0.1, -0.05) is 12.1 Å². The number of aryl methyl sites for hydroxylation is 2. The molecule has 0 saturated heterocycles. The summed E-state index contributed by atoms with van der Waals surface area (Å²) in [7, 11) is 0. The molecule has 1 aliphatic rings. The monoisotopic (exact) mass is 301 g/mol. The van der Waals surface area contributed by atoms with Gasteiger partial charge in [-0.3, -0.25) is 9.48 Å². The number of amides is 1. The summed E-state index contributed by atoms with van der Waals surface area (Å²) in [5.41, 5.74) is 0.951. The van der Waals surface area contributed by atoms with Gasteiger partial charge in [-0.05, 0) is 25.1 Å². The molecule has 1 aliphatic heterocycles. The molecule has 1 aromatic carbocycles. The van der Waals surface area contributed by atoms with Gasteiger partial charge in [0.05, 0.1) is 12.2 Å². The average molecular weight is 301 g/mol. The minimum absolute atomic E-state index is 0.0180. The van der Waals surface area contributed by atoms with Crippen molar-refractivity contribution in [2.45, 2.75) is 26.0 Å². The number of ether oxygens (including phenoxy) is 2. The second kappa shape index (κ2) is 6.51. The molecule has 1 atom stereocenters. The fourth-order valence-corrected chi connectivity index (χ4v) is 2.28. The van der Waals surface area contributed by atoms with Gasteiger partial charge in [0.25, 0.3) is 0 Å². The molecule has 6 nitrogen and oxygen atoms in total. The molecular formula is C16H19N3O3. The maximum atomic E-state index is 11.9. The van der Waals surface area contributed by atoms with E-state index in [0.29, 0.717) is 26.1 Å². The molecule has 0 spiro atoms. The Morgan fingerprint density at radius 2 is 2.18 bits per heavy atom. The van der Waals surface area contributed by atoms with Crippen LogP contribution in [0.15, 0.2) is 36.5 Å². The van der Waals surface area contributed by atoms with E-state index in [1.807, 2.05) is 43.5 Å². The van der Waals surface area contributed by atoms with Gasteiger partial charge >= 0.3 is 0 Å². The molecular weight excluding hydrogens is 282 g/mol. The molecule has 3 rings (SSSR count). The van der Waals surface area contributed by atoms with Crippen LogP contribution < -0.4 is 14.8 Å². The van der Waals surface area contributed by atoms with Crippen molar-refractivity contribution >= 4 is 5.91 Å². The fourth-order valence-electron chi connectivity index (χ4n) is 2.28. The lowest BCUT2D eigenvalue weighted by molar-refractivity contribution is -0.121. The Balaban J connectivity index is 1.42. The zero-order valence-corrected chi connectivity index (χ0v) is 12.5. The maximum Gasteiger partial charge on any atom is 0.221 e. The summed E-state index contributed by atoms with van der Waals surface area (Å²) in [6, 6.07) is 9.46. The number of rotatable bonds is 5. The summed E-state index contributed by atoms with van der Waals surface area (Å²) in [5.74, 6) is 1.45. The molecule has 0 fully saturated rings. The number of hydrogen-bond donors (Lipinski definition) is 1. The Kier molecular flexibility index (Phi) is 4.27. The Morgan fingerprint density at radius 3 is 2.95 bits per heavy atom. The van der Waals surface area contributed by atoms with E-state index in [9.17, 15) is 4.79 Å². The topological polar surface area (TPSA) is 65.4 Å². The van der Waals surface area contributed by atoms with Gasteiger partial charge in [-0.15, -0.1) is 0 Å². The molecule has 1 unspecified atom stereocenters. The van der Waals surface area contributed by atoms with Gasteiger partial charge in [0.2, 0.25) is 5.91 Å². The number of fused-ring (bicyclic) bond motifs is 1. The molecule has 1 N–H and O–H groups in total. The molecule has 0 radical (unpaired) electrons. The average Bonchev–Trinajstić information content (AvgIpc) is 2.96. The first-order chi connectivity index (χ1) is 10.7. The molecule has 2 aromatic rings. The lowest BCUT2D eigenvalue weighted by Gasteiger charge is -2.26.